The molecule has 0 bridgehead atoms. The van der Waals surface area contributed by atoms with Crippen molar-refractivity contribution in [1.29, 1.82) is 5.26 Å². The summed E-state index contributed by atoms with van der Waals surface area (Å²) in [4.78, 5) is 26.5. The van der Waals surface area contributed by atoms with Gasteiger partial charge in [0.1, 0.15) is 11.9 Å². The molecule has 0 unspecified atom stereocenters. The van der Waals surface area contributed by atoms with Gasteiger partial charge in [-0.25, -0.2) is 9.18 Å². The summed E-state index contributed by atoms with van der Waals surface area (Å²) in [5, 5.41) is 19.2. The number of nitriles is 1. The molecule has 0 spiro atoms. The van der Waals surface area contributed by atoms with Crippen LogP contribution in [0.4, 0.5) is 4.39 Å². The Morgan fingerprint density at radius 3 is 2.53 bits per heavy atom. The van der Waals surface area contributed by atoms with E-state index in [-0.39, 0.29) is 17.5 Å². The second-order valence-corrected chi connectivity index (χ2v) is 7.98. The molecule has 0 aliphatic carbocycles. The fourth-order valence-electron chi connectivity index (χ4n) is 4.17. The van der Waals surface area contributed by atoms with E-state index < -0.39 is 29.8 Å². The lowest BCUT2D eigenvalue weighted by atomic mass is 10.00. The number of carboxylic acids is 1. The van der Waals surface area contributed by atoms with Gasteiger partial charge >= 0.3 is 5.97 Å². The predicted octanol–water partition coefficient (Wildman–Crippen LogP) is 5.45. The molecule has 1 aliphatic heterocycles. The number of hydrogen-bond donors (Lipinski definition) is 1. The van der Waals surface area contributed by atoms with Crippen molar-refractivity contribution in [3.63, 3.8) is 0 Å². The summed E-state index contributed by atoms with van der Waals surface area (Å²) in [7, 11) is 0. The van der Waals surface area contributed by atoms with Gasteiger partial charge in [0.15, 0.2) is 0 Å². The number of rotatable bonds is 4. The van der Waals surface area contributed by atoms with Crippen molar-refractivity contribution in [2.75, 3.05) is 0 Å². The molecule has 1 aliphatic rings. The molecule has 4 rings (SSSR count). The first-order valence-electron chi connectivity index (χ1n) is 10.0. The monoisotopic (exact) mass is 448 g/mol. The molecule has 0 aromatic heterocycles. The molecule has 3 aromatic carbocycles. The minimum Gasteiger partial charge on any atom is -0.480 e. The number of likely N-dealkylation sites (tertiary alicyclic amines) is 1. The van der Waals surface area contributed by atoms with Crippen molar-refractivity contribution in [2.45, 2.75) is 24.9 Å². The Hall–Kier alpha value is -3.69. The molecule has 1 saturated heterocycles. The second kappa shape index (κ2) is 8.81. The maximum atomic E-state index is 15.0. The normalized spacial score (nSPS) is 17.7. The summed E-state index contributed by atoms with van der Waals surface area (Å²) >= 11 is 6.32. The number of amides is 1. The third kappa shape index (κ3) is 3.95. The van der Waals surface area contributed by atoms with Crippen LogP contribution in [0, 0.1) is 17.1 Å². The van der Waals surface area contributed by atoms with Gasteiger partial charge in [0.2, 0.25) is 0 Å². The highest BCUT2D eigenvalue weighted by molar-refractivity contribution is 6.31. The Labute approximate surface area is 189 Å². The van der Waals surface area contributed by atoms with E-state index in [1.807, 2.05) is 6.07 Å². The number of hydrogen-bond acceptors (Lipinski definition) is 3. The molecule has 7 heteroatoms. The van der Waals surface area contributed by atoms with Crippen LogP contribution in [0.3, 0.4) is 0 Å². The lowest BCUT2D eigenvalue weighted by molar-refractivity contribution is -0.141. The molecule has 1 fully saturated rings. The number of benzene rings is 3. The molecule has 32 heavy (non-hydrogen) atoms. The second-order valence-electron chi connectivity index (χ2n) is 7.57. The summed E-state index contributed by atoms with van der Waals surface area (Å²) in [5.74, 6) is -2.32. The molecule has 5 nitrogen and oxygen atoms in total. The lowest BCUT2D eigenvalue weighted by Gasteiger charge is -2.29. The number of aliphatic carboxylic acids is 1. The van der Waals surface area contributed by atoms with Gasteiger partial charge in [-0.05, 0) is 54.3 Å². The van der Waals surface area contributed by atoms with Crippen LogP contribution in [0.1, 0.15) is 40.4 Å². The summed E-state index contributed by atoms with van der Waals surface area (Å²) < 4.78 is 15.0. The average molecular weight is 449 g/mol. The van der Waals surface area contributed by atoms with E-state index in [1.54, 1.807) is 48.5 Å². The molecular formula is C25H18ClFN2O3. The minimum atomic E-state index is -1.11. The third-order valence-electron chi connectivity index (χ3n) is 5.69. The van der Waals surface area contributed by atoms with Gasteiger partial charge in [-0.2, -0.15) is 5.26 Å². The van der Waals surface area contributed by atoms with Crippen LogP contribution >= 0.6 is 11.6 Å². The van der Waals surface area contributed by atoms with E-state index in [0.29, 0.717) is 28.1 Å². The molecule has 160 valence electrons. The van der Waals surface area contributed by atoms with E-state index in [1.165, 1.54) is 17.0 Å². The Balaban J connectivity index is 1.71. The van der Waals surface area contributed by atoms with E-state index in [0.717, 1.165) is 6.07 Å². The van der Waals surface area contributed by atoms with Gasteiger partial charge in [-0.1, -0.05) is 48.0 Å². The minimum absolute atomic E-state index is 0.0490. The fourth-order valence-corrected chi connectivity index (χ4v) is 4.44. The molecule has 1 amide bonds. The first kappa shape index (κ1) is 21.5. The Morgan fingerprint density at radius 1 is 1.06 bits per heavy atom. The van der Waals surface area contributed by atoms with Gasteiger partial charge < -0.3 is 10.0 Å². The standard InChI is InChI=1S/C25H18ClFN2O3/c26-20-7-2-1-6-19(20)22-10-11-23(25(31)32)29(22)24(30)17-8-9-18(21(27)13-17)16-5-3-4-15(12-16)14-28/h1-9,12-13,22-23H,10-11H2,(H,31,32)/t22-,23+/m1/s1. The zero-order valence-electron chi connectivity index (χ0n) is 16.8. The highest BCUT2D eigenvalue weighted by atomic mass is 35.5. The summed E-state index contributed by atoms with van der Waals surface area (Å²) in [6.45, 7) is 0. The molecule has 0 saturated carbocycles. The maximum Gasteiger partial charge on any atom is 0.326 e. The van der Waals surface area contributed by atoms with Crippen molar-refractivity contribution >= 4 is 23.5 Å². The van der Waals surface area contributed by atoms with Gasteiger partial charge in [-0.3, -0.25) is 4.79 Å². The third-order valence-corrected chi connectivity index (χ3v) is 6.03. The highest BCUT2D eigenvalue weighted by Crippen LogP contribution is 2.40. The average Bonchev–Trinajstić information content (AvgIpc) is 3.24. The SMILES string of the molecule is N#Cc1cccc(-c2ccc(C(=O)N3[C@@H](c4ccccc4Cl)CC[C@H]3C(=O)O)cc2F)c1. The van der Waals surface area contributed by atoms with Crippen molar-refractivity contribution in [1.82, 2.24) is 4.90 Å². The number of nitrogens with zero attached hydrogens (tertiary/aromatic N) is 2. The Kier molecular flexibility index (Phi) is 5.93. The van der Waals surface area contributed by atoms with Crippen molar-refractivity contribution in [2.24, 2.45) is 0 Å². The smallest absolute Gasteiger partial charge is 0.326 e. The van der Waals surface area contributed by atoms with Crippen molar-refractivity contribution < 1.29 is 19.1 Å². The maximum absolute atomic E-state index is 15.0. The van der Waals surface area contributed by atoms with Gasteiger partial charge in [0.05, 0.1) is 17.7 Å². The zero-order chi connectivity index (χ0) is 22.8. The van der Waals surface area contributed by atoms with Crippen molar-refractivity contribution in [3.05, 3.63) is 94.3 Å². The quantitative estimate of drug-likeness (QED) is 0.575. The number of carbonyl (C=O) groups is 2. The van der Waals surface area contributed by atoms with Crippen molar-refractivity contribution in [3.8, 4) is 17.2 Å². The topological polar surface area (TPSA) is 81.4 Å². The molecule has 2 atom stereocenters. The largest absolute Gasteiger partial charge is 0.480 e. The molecular weight excluding hydrogens is 431 g/mol. The van der Waals surface area contributed by atoms with Gasteiger partial charge in [-0.15, -0.1) is 0 Å². The molecule has 3 aromatic rings. The number of halogens is 2. The predicted molar refractivity (Wildman–Crippen MR) is 118 cm³/mol. The van der Waals surface area contributed by atoms with Crippen LogP contribution in [-0.2, 0) is 4.79 Å². The zero-order valence-corrected chi connectivity index (χ0v) is 17.6. The summed E-state index contributed by atoms with van der Waals surface area (Å²) in [5.41, 5.74) is 1.87. The van der Waals surface area contributed by atoms with E-state index in [2.05, 4.69) is 0 Å². The van der Waals surface area contributed by atoms with E-state index in [4.69, 9.17) is 16.9 Å². The highest BCUT2D eigenvalue weighted by Gasteiger charge is 2.42. The van der Waals surface area contributed by atoms with Crippen LogP contribution in [0.5, 0.6) is 0 Å². The number of carboxylic acid groups (broad SMARTS) is 1. The molecule has 0 radical (unpaired) electrons. The first-order valence-corrected chi connectivity index (χ1v) is 10.4. The summed E-state index contributed by atoms with van der Waals surface area (Å²) in [6.07, 6.45) is 0.715. The van der Waals surface area contributed by atoms with Crippen LogP contribution in [0.2, 0.25) is 5.02 Å². The van der Waals surface area contributed by atoms with Crippen LogP contribution in [-0.4, -0.2) is 27.9 Å². The lowest BCUT2D eigenvalue weighted by Crippen LogP contribution is -2.42. The first-order chi connectivity index (χ1) is 15.4. The van der Waals surface area contributed by atoms with E-state index in [9.17, 15) is 19.1 Å². The Bertz CT molecular complexity index is 1250. The van der Waals surface area contributed by atoms with Crippen LogP contribution < -0.4 is 0 Å². The summed E-state index contributed by atoms with van der Waals surface area (Å²) in [6, 6.07) is 18.0. The number of carbonyl (C=O) groups excluding carboxylic acids is 1. The fraction of sp³-hybridized carbons (Fsp3) is 0.160. The van der Waals surface area contributed by atoms with Crippen LogP contribution in [0.15, 0.2) is 66.7 Å². The molecule has 1 heterocycles. The Morgan fingerprint density at radius 2 is 1.84 bits per heavy atom. The van der Waals surface area contributed by atoms with Crippen LogP contribution in [0.25, 0.3) is 11.1 Å². The molecule has 1 N–H and O–H groups in total. The van der Waals surface area contributed by atoms with Gasteiger partial charge in [0.25, 0.3) is 5.91 Å². The van der Waals surface area contributed by atoms with Gasteiger partial charge in [0, 0.05) is 16.1 Å². The van der Waals surface area contributed by atoms with E-state index >= 15 is 0 Å².